The molecule has 0 aromatic heterocycles. The molecule has 0 spiro atoms. The van der Waals surface area contributed by atoms with Crippen molar-refractivity contribution in [2.24, 2.45) is 0 Å². The predicted molar refractivity (Wildman–Crippen MR) is 88.6 cm³/mol. The minimum absolute atomic E-state index is 0.0851. The molecule has 6 nitrogen and oxygen atoms in total. The SMILES string of the molecule is Cc1ccc(CS(=O)(=O)N2CCC(N(C)C)CC2C(=O)O)cc1. The van der Waals surface area contributed by atoms with Crippen molar-refractivity contribution < 1.29 is 18.3 Å². The molecule has 0 radical (unpaired) electrons. The van der Waals surface area contributed by atoms with E-state index in [0.29, 0.717) is 18.4 Å². The number of hydrogen-bond acceptors (Lipinski definition) is 4. The van der Waals surface area contributed by atoms with Crippen molar-refractivity contribution in [2.45, 2.75) is 37.6 Å². The largest absolute Gasteiger partial charge is 0.480 e. The lowest BCUT2D eigenvalue weighted by Gasteiger charge is -2.38. The van der Waals surface area contributed by atoms with Gasteiger partial charge in [0.05, 0.1) is 5.75 Å². The van der Waals surface area contributed by atoms with Crippen LogP contribution in [0, 0.1) is 6.92 Å². The first-order valence-corrected chi connectivity index (χ1v) is 9.26. The van der Waals surface area contributed by atoms with E-state index in [-0.39, 0.29) is 18.3 Å². The van der Waals surface area contributed by atoms with Crippen LogP contribution in [0.15, 0.2) is 24.3 Å². The van der Waals surface area contributed by atoms with Gasteiger partial charge in [0.1, 0.15) is 6.04 Å². The number of sulfonamides is 1. The van der Waals surface area contributed by atoms with Crippen molar-refractivity contribution in [2.75, 3.05) is 20.6 Å². The molecule has 0 aliphatic carbocycles. The number of aliphatic carboxylic acids is 1. The van der Waals surface area contributed by atoms with E-state index in [1.165, 1.54) is 0 Å². The summed E-state index contributed by atoms with van der Waals surface area (Å²) in [5.41, 5.74) is 1.73. The smallest absolute Gasteiger partial charge is 0.322 e. The molecule has 0 bridgehead atoms. The van der Waals surface area contributed by atoms with Crippen LogP contribution in [0.3, 0.4) is 0 Å². The van der Waals surface area contributed by atoms with Gasteiger partial charge in [-0.3, -0.25) is 4.79 Å². The Balaban J connectivity index is 2.20. The summed E-state index contributed by atoms with van der Waals surface area (Å²) < 4.78 is 26.5. The number of hydrogen-bond donors (Lipinski definition) is 1. The lowest BCUT2D eigenvalue weighted by molar-refractivity contribution is -0.143. The number of carboxylic acids is 1. The minimum Gasteiger partial charge on any atom is -0.480 e. The van der Waals surface area contributed by atoms with Crippen LogP contribution in [0.5, 0.6) is 0 Å². The summed E-state index contributed by atoms with van der Waals surface area (Å²) in [7, 11) is 0.119. The molecule has 1 aromatic rings. The normalized spacial score (nSPS) is 23.1. The van der Waals surface area contributed by atoms with E-state index in [0.717, 1.165) is 9.87 Å². The Morgan fingerprint density at radius 1 is 1.30 bits per heavy atom. The summed E-state index contributed by atoms with van der Waals surface area (Å²) in [5, 5.41) is 9.45. The van der Waals surface area contributed by atoms with E-state index < -0.39 is 22.0 Å². The average molecular weight is 340 g/mol. The van der Waals surface area contributed by atoms with Gasteiger partial charge >= 0.3 is 5.97 Å². The van der Waals surface area contributed by atoms with Gasteiger partial charge < -0.3 is 10.0 Å². The van der Waals surface area contributed by atoms with Crippen LogP contribution in [0.25, 0.3) is 0 Å². The second kappa shape index (κ2) is 6.98. The summed E-state index contributed by atoms with van der Waals surface area (Å²) in [6.45, 7) is 2.18. The maximum Gasteiger partial charge on any atom is 0.322 e. The fourth-order valence-electron chi connectivity index (χ4n) is 2.93. The number of aryl methyl sites for hydroxylation is 1. The van der Waals surface area contributed by atoms with E-state index in [1.54, 1.807) is 12.1 Å². The summed E-state index contributed by atoms with van der Waals surface area (Å²) in [5.74, 6) is -1.24. The molecule has 128 valence electrons. The first-order valence-electron chi connectivity index (χ1n) is 7.65. The highest BCUT2D eigenvalue weighted by atomic mass is 32.2. The third-order valence-electron chi connectivity index (χ3n) is 4.37. The number of nitrogens with zero attached hydrogens (tertiary/aromatic N) is 2. The van der Waals surface area contributed by atoms with Gasteiger partial charge in [-0.15, -0.1) is 0 Å². The molecule has 2 atom stereocenters. The molecule has 23 heavy (non-hydrogen) atoms. The van der Waals surface area contributed by atoms with Crippen LogP contribution in [0.2, 0.25) is 0 Å². The highest BCUT2D eigenvalue weighted by Crippen LogP contribution is 2.25. The molecule has 1 fully saturated rings. The summed E-state index contributed by atoms with van der Waals surface area (Å²) in [6.07, 6.45) is 0.958. The van der Waals surface area contributed by atoms with E-state index in [4.69, 9.17) is 0 Å². The third kappa shape index (κ3) is 4.31. The molecule has 2 unspecified atom stereocenters. The fourth-order valence-corrected chi connectivity index (χ4v) is 4.66. The van der Waals surface area contributed by atoms with Crippen molar-refractivity contribution in [3.8, 4) is 0 Å². The van der Waals surface area contributed by atoms with Crippen molar-refractivity contribution >= 4 is 16.0 Å². The van der Waals surface area contributed by atoms with Gasteiger partial charge in [0.2, 0.25) is 10.0 Å². The van der Waals surface area contributed by atoms with Crippen molar-refractivity contribution in [3.63, 3.8) is 0 Å². The number of piperidine rings is 1. The zero-order valence-electron chi connectivity index (χ0n) is 13.8. The van der Waals surface area contributed by atoms with Crippen LogP contribution in [0.4, 0.5) is 0 Å². The Morgan fingerprint density at radius 3 is 2.43 bits per heavy atom. The zero-order valence-corrected chi connectivity index (χ0v) is 14.6. The van der Waals surface area contributed by atoms with Gasteiger partial charge in [0.25, 0.3) is 0 Å². The van der Waals surface area contributed by atoms with Gasteiger partial charge in [-0.05, 0) is 39.4 Å². The molecule has 2 rings (SSSR count). The van der Waals surface area contributed by atoms with Crippen LogP contribution in [0.1, 0.15) is 24.0 Å². The Hall–Kier alpha value is -1.44. The predicted octanol–water partition coefficient (Wildman–Crippen LogP) is 1.30. The first kappa shape index (κ1) is 17.9. The number of carboxylic acid groups (broad SMARTS) is 1. The molecule has 0 amide bonds. The van der Waals surface area contributed by atoms with Crippen LogP contribution in [-0.2, 0) is 20.6 Å². The van der Waals surface area contributed by atoms with E-state index in [1.807, 2.05) is 38.1 Å². The molecular weight excluding hydrogens is 316 g/mol. The van der Waals surface area contributed by atoms with Crippen molar-refractivity contribution in [1.82, 2.24) is 9.21 Å². The Morgan fingerprint density at radius 2 is 1.91 bits per heavy atom. The van der Waals surface area contributed by atoms with Gasteiger partial charge in [0, 0.05) is 12.6 Å². The van der Waals surface area contributed by atoms with Gasteiger partial charge in [-0.1, -0.05) is 29.8 Å². The standard InChI is InChI=1S/C16H24N2O4S/c1-12-4-6-13(7-5-12)11-23(21,22)18-9-8-14(17(2)3)10-15(18)16(19)20/h4-7,14-15H,8-11H2,1-3H3,(H,19,20). The minimum atomic E-state index is -3.66. The third-order valence-corrected chi connectivity index (χ3v) is 6.22. The molecule has 0 saturated carbocycles. The lowest BCUT2D eigenvalue weighted by Crippen LogP contribution is -2.54. The van der Waals surface area contributed by atoms with Gasteiger partial charge in [-0.25, -0.2) is 8.42 Å². The molecule has 1 heterocycles. The maximum atomic E-state index is 12.7. The highest BCUT2D eigenvalue weighted by molar-refractivity contribution is 7.88. The summed E-state index contributed by atoms with van der Waals surface area (Å²) in [4.78, 5) is 13.5. The molecule has 1 saturated heterocycles. The van der Waals surface area contributed by atoms with Crippen molar-refractivity contribution in [1.29, 1.82) is 0 Å². The number of carbonyl (C=O) groups is 1. The summed E-state index contributed by atoms with van der Waals surface area (Å²) >= 11 is 0. The Kier molecular flexibility index (Phi) is 5.44. The Bertz CT molecular complexity index is 655. The molecule has 7 heteroatoms. The molecule has 1 aromatic carbocycles. The van der Waals surface area contributed by atoms with Crippen LogP contribution < -0.4 is 0 Å². The molecular formula is C16H24N2O4S. The van der Waals surface area contributed by atoms with E-state index in [2.05, 4.69) is 0 Å². The Labute approximate surface area is 137 Å². The zero-order chi connectivity index (χ0) is 17.2. The average Bonchev–Trinajstić information content (AvgIpc) is 2.48. The summed E-state index contributed by atoms with van der Waals surface area (Å²) in [6, 6.07) is 6.36. The van der Waals surface area contributed by atoms with Crippen LogP contribution >= 0.6 is 0 Å². The number of rotatable bonds is 5. The maximum absolute atomic E-state index is 12.7. The first-order chi connectivity index (χ1) is 10.7. The molecule has 1 aliphatic rings. The molecule has 1 N–H and O–H groups in total. The van der Waals surface area contributed by atoms with Crippen molar-refractivity contribution in [3.05, 3.63) is 35.4 Å². The second-order valence-corrected chi connectivity index (χ2v) is 8.27. The van der Waals surface area contributed by atoms with Gasteiger partial charge in [0.15, 0.2) is 0 Å². The second-order valence-electron chi connectivity index (χ2n) is 6.35. The fraction of sp³-hybridized carbons (Fsp3) is 0.562. The quantitative estimate of drug-likeness (QED) is 0.874. The molecule has 1 aliphatic heterocycles. The lowest BCUT2D eigenvalue weighted by atomic mass is 9.99. The van der Waals surface area contributed by atoms with E-state index >= 15 is 0 Å². The highest BCUT2D eigenvalue weighted by Gasteiger charge is 2.40. The number of benzene rings is 1. The van der Waals surface area contributed by atoms with E-state index in [9.17, 15) is 18.3 Å². The van der Waals surface area contributed by atoms with Crippen LogP contribution in [-0.4, -0.2) is 61.4 Å². The topological polar surface area (TPSA) is 77.9 Å². The van der Waals surface area contributed by atoms with Gasteiger partial charge in [-0.2, -0.15) is 4.31 Å². The monoisotopic (exact) mass is 340 g/mol.